The second-order valence-electron chi connectivity index (χ2n) is 7.12. The Morgan fingerprint density at radius 3 is 2.32 bits per heavy atom. The Morgan fingerprint density at radius 2 is 1.80 bits per heavy atom. The van der Waals surface area contributed by atoms with Gasteiger partial charge < -0.3 is 29.9 Å². The van der Waals surface area contributed by atoms with Gasteiger partial charge in [-0.3, -0.25) is 0 Å². The number of likely N-dealkylation sites (N-methyl/N-ethyl adjacent to an activating group) is 1. The van der Waals surface area contributed by atoms with Crippen molar-refractivity contribution in [2.24, 2.45) is 0 Å². The minimum Gasteiger partial charge on any atom is -0.492 e. The lowest BCUT2D eigenvalue weighted by Gasteiger charge is -2.22. The van der Waals surface area contributed by atoms with Crippen LogP contribution in [0.15, 0.2) is 24.3 Å². The van der Waals surface area contributed by atoms with Crippen LogP contribution in [0.5, 0.6) is 5.75 Å². The van der Waals surface area contributed by atoms with Crippen molar-refractivity contribution >= 4 is 6.09 Å². The van der Waals surface area contributed by atoms with Crippen LogP contribution in [0.1, 0.15) is 32.4 Å². The van der Waals surface area contributed by atoms with Gasteiger partial charge >= 0.3 is 6.09 Å². The zero-order valence-electron chi connectivity index (χ0n) is 15.7. The lowest BCUT2D eigenvalue weighted by atomic mass is 10.0. The Bertz CT molecular complexity index is 525. The van der Waals surface area contributed by atoms with Crippen LogP contribution in [-0.2, 0) is 4.74 Å². The van der Waals surface area contributed by atoms with Gasteiger partial charge in [-0.2, -0.15) is 0 Å². The van der Waals surface area contributed by atoms with E-state index in [2.05, 4.69) is 5.32 Å². The normalized spacial score (nSPS) is 14.1. The SMILES string of the molecule is CN(C)CCOc1ccc(C(O)C(O)CNC(=O)OC(C)(C)C)cc1. The highest BCUT2D eigenvalue weighted by molar-refractivity contribution is 5.67. The van der Waals surface area contributed by atoms with Crippen molar-refractivity contribution < 1.29 is 24.5 Å². The van der Waals surface area contributed by atoms with Crippen molar-refractivity contribution in [1.29, 1.82) is 0 Å². The molecule has 0 aliphatic rings. The summed E-state index contributed by atoms with van der Waals surface area (Å²) in [6.45, 7) is 6.51. The standard InChI is InChI=1S/C18H30N2O5/c1-18(2,3)25-17(23)19-12-15(21)16(22)13-6-8-14(9-7-13)24-11-10-20(4)5/h6-9,15-16,21-22H,10-12H2,1-5H3,(H,19,23). The molecule has 1 aromatic rings. The summed E-state index contributed by atoms with van der Waals surface area (Å²) in [4.78, 5) is 13.6. The Hall–Kier alpha value is -1.83. The molecule has 1 rings (SSSR count). The van der Waals surface area contributed by atoms with Crippen molar-refractivity contribution in [1.82, 2.24) is 10.2 Å². The number of nitrogens with zero attached hydrogens (tertiary/aromatic N) is 1. The van der Waals surface area contributed by atoms with E-state index in [1.807, 2.05) is 19.0 Å². The van der Waals surface area contributed by atoms with E-state index in [9.17, 15) is 15.0 Å². The van der Waals surface area contributed by atoms with Crippen LogP contribution in [0.2, 0.25) is 0 Å². The number of nitrogens with one attached hydrogen (secondary N) is 1. The van der Waals surface area contributed by atoms with Gasteiger partial charge in [0.1, 0.15) is 30.2 Å². The minimum absolute atomic E-state index is 0.114. The molecule has 0 aliphatic heterocycles. The number of carbonyl (C=O) groups is 1. The van der Waals surface area contributed by atoms with E-state index in [4.69, 9.17) is 9.47 Å². The molecule has 0 saturated heterocycles. The van der Waals surface area contributed by atoms with Gasteiger partial charge in [0.05, 0.1) is 0 Å². The fourth-order valence-corrected chi connectivity index (χ4v) is 1.94. The summed E-state index contributed by atoms with van der Waals surface area (Å²) >= 11 is 0. The lowest BCUT2D eigenvalue weighted by Crippen LogP contribution is -2.38. The second-order valence-corrected chi connectivity index (χ2v) is 7.12. The van der Waals surface area contributed by atoms with Gasteiger partial charge in [0.15, 0.2) is 0 Å². The molecular formula is C18H30N2O5. The number of hydrogen-bond donors (Lipinski definition) is 3. The van der Waals surface area contributed by atoms with Gasteiger partial charge in [-0.05, 0) is 52.6 Å². The Labute approximate surface area is 149 Å². The number of carbonyl (C=O) groups excluding carboxylic acids is 1. The van der Waals surface area contributed by atoms with Crippen LogP contribution in [-0.4, -0.2) is 66.7 Å². The van der Waals surface area contributed by atoms with E-state index >= 15 is 0 Å². The fourth-order valence-electron chi connectivity index (χ4n) is 1.94. The molecule has 0 spiro atoms. The number of amides is 1. The third-order valence-electron chi connectivity index (χ3n) is 3.25. The molecule has 25 heavy (non-hydrogen) atoms. The number of alkyl carbamates (subject to hydrolysis) is 1. The Morgan fingerprint density at radius 1 is 1.20 bits per heavy atom. The molecule has 0 aromatic heterocycles. The van der Waals surface area contributed by atoms with Gasteiger partial charge in [-0.25, -0.2) is 4.79 Å². The van der Waals surface area contributed by atoms with E-state index in [0.29, 0.717) is 17.9 Å². The summed E-state index contributed by atoms with van der Waals surface area (Å²) in [5.41, 5.74) is -0.0748. The molecule has 0 fully saturated rings. The van der Waals surface area contributed by atoms with Crippen molar-refractivity contribution in [2.75, 3.05) is 33.8 Å². The smallest absolute Gasteiger partial charge is 0.407 e. The maximum atomic E-state index is 11.6. The predicted octanol–water partition coefficient (Wildman–Crippen LogP) is 1.55. The first kappa shape index (κ1) is 21.2. The van der Waals surface area contributed by atoms with E-state index in [1.54, 1.807) is 45.0 Å². The van der Waals surface area contributed by atoms with E-state index < -0.39 is 23.9 Å². The molecule has 7 nitrogen and oxygen atoms in total. The van der Waals surface area contributed by atoms with Gasteiger partial charge in [0.25, 0.3) is 0 Å². The molecule has 142 valence electrons. The van der Waals surface area contributed by atoms with Gasteiger partial charge in [0, 0.05) is 13.1 Å². The van der Waals surface area contributed by atoms with Crippen LogP contribution in [0, 0.1) is 0 Å². The second kappa shape index (κ2) is 9.60. The number of aliphatic hydroxyl groups is 2. The molecule has 3 N–H and O–H groups in total. The number of ether oxygens (including phenoxy) is 2. The van der Waals surface area contributed by atoms with Crippen LogP contribution in [0.4, 0.5) is 4.79 Å². The highest BCUT2D eigenvalue weighted by atomic mass is 16.6. The van der Waals surface area contributed by atoms with Gasteiger partial charge in [0.2, 0.25) is 0 Å². The molecule has 1 amide bonds. The highest BCUT2D eigenvalue weighted by Gasteiger charge is 2.21. The minimum atomic E-state index is -1.15. The summed E-state index contributed by atoms with van der Waals surface area (Å²) in [5.74, 6) is 0.694. The van der Waals surface area contributed by atoms with Crippen LogP contribution < -0.4 is 10.1 Å². The Kier molecular flexibility index (Phi) is 8.15. The molecule has 7 heteroatoms. The maximum Gasteiger partial charge on any atom is 0.407 e. The summed E-state index contributed by atoms with van der Waals surface area (Å²) in [6, 6.07) is 6.85. The van der Waals surface area contributed by atoms with Crippen molar-refractivity contribution in [3.05, 3.63) is 29.8 Å². The van der Waals surface area contributed by atoms with Crippen molar-refractivity contribution in [2.45, 2.75) is 38.6 Å². The quantitative estimate of drug-likeness (QED) is 0.656. The summed E-state index contributed by atoms with van der Waals surface area (Å²) in [5, 5.41) is 22.7. The fraction of sp³-hybridized carbons (Fsp3) is 0.611. The third kappa shape index (κ3) is 8.72. The van der Waals surface area contributed by atoms with Crippen LogP contribution in [0.3, 0.4) is 0 Å². The van der Waals surface area contributed by atoms with Gasteiger partial charge in [-0.15, -0.1) is 0 Å². The number of rotatable bonds is 8. The van der Waals surface area contributed by atoms with Gasteiger partial charge in [-0.1, -0.05) is 12.1 Å². The van der Waals surface area contributed by atoms with Crippen molar-refractivity contribution in [3.8, 4) is 5.75 Å². The van der Waals surface area contributed by atoms with Crippen molar-refractivity contribution in [3.63, 3.8) is 0 Å². The van der Waals surface area contributed by atoms with E-state index in [-0.39, 0.29) is 6.54 Å². The Balaban J connectivity index is 2.47. The molecule has 0 heterocycles. The summed E-state index contributed by atoms with van der Waals surface area (Å²) in [7, 11) is 3.94. The van der Waals surface area contributed by atoms with Crippen LogP contribution in [0.25, 0.3) is 0 Å². The van der Waals surface area contributed by atoms with E-state index in [0.717, 1.165) is 6.54 Å². The first-order valence-electron chi connectivity index (χ1n) is 8.29. The highest BCUT2D eigenvalue weighted by Crippen LogP contribution is 2.20. The summed E-state index contributed by atoms with van der Waals surface area (Å²) in [6.07, 6.45) is -2.90. The average Bonchev–Trinajstić information content (AvgIpc) is 2.50. The topological polar surface area (TPSA) is 91.3 Å². The zero-order chi connectivity index (χ0) is 19.0. The number of benzene rings is 1. The first-order valence-corrected chi connectivity index (χ1v) is 8.29. The number of aliphatic hydroxyl groups excluding tert-OH is 2. The maximum absolute atomic E-state index is 11.6. The molecule has 0 bridgehead atoms. The molecule has 2 unspecified atom stereocenters. The number of hydrogen-bond acceptors (Lipinski definition) is 6. The van der Waals surface area contributed by atoms with Crippen LogP contribution >= 0.6 is 0 Å². The molecular weight excluding hydrogens is 324 g/mol. The molecule has 1 aromatic carbocycles. The summed E-state index contributed by atoms with van der Waals surface area (Å²) < 4.78 is 10.7. The third-order valence-corrected chi connectivity index (χ3v) is 3.25. The average molecular weight is 354 g/mol. The first-order chi connectivity index (χ1) is 11.6. The molecule has 0 saturated carbocycles. The molecule has 0 aliphatic carbocycles. The zero-order valence-corrected chi connectivity index (χ0v) is 15.7. The lowest BCUT2D eigenvalue weighted by molar-refractivity contribution is 0.0129. The monoisotopic (exact) mass is 354 g/mol. The van der Waals surface area contributed by atoms with E-state index in [1.165, 1.54) is 0 Å². The molecule has 2 atom stereocenters. The predicted molar refractivity (Wildman–Crippen MR) is 95.7 cm³/mol. The largest absolute Gasteiger partial charge is 0.492 e. The molecule has 0 radical (unpaired) electrons.